The molecule has 6 heteroatoms. The summed E-state index contributed by atoms with van der Waals surface area (Å²) in [4.78, 5) is 4.51. The average molecular weight is 293 g/mol. The highest BCUT2D eigenvalue weighted by Crippen LogP contribution is 2.22. The first-order valence-electron chi connectivity index (χ1n) is 7.83. The number of rotatable bonds is 8. The molecule has 0 aliphatic rings. The Morgan fingerprint density at radius 1 is 1.29 bits per heavy atom. The van der Waals surface area contributed by atoms with Gasteiger partial charge < -0.3 is 10.5 Å². The summed E-state index contributed by atoms with van der Waals surface area (Å²) >= 11 is 0. The van der Waals surface area contributed by atoms with Gasteiger partial charge in [-0.2, -0.15) is 5.10 Å². The van der Waals surface area contributed by atoms with Crippen molar-refractivity contribution < 1.29 is 4.74 Å². The Morgan fingerprint density at radius 3 is 2.71 bits per heavy atom. The van der Waals surface area contributed by atoms with Gasteiger partial charge in [-0.25, -0.2) is 4.98 Å². The third-order valence-electron chi connectivity index (χ3n) is 3.54. The van der Waals surface area contributed by atoms with Crippen LogP contribution >= 0.6 is 0 Å². The van der Waals surface area contributed by atoms with E-state index in [0.29, 0.717) is 12.1 Å². The van der Waals surface area contributed by atoms with Crippen molar-refractivity contribution in [3.05, 3.63) is 5.69 Å². The Kier molecular flexibility index (Phi) is 5.22. The van der Waals surface area contributed by atoms with Crippen molar-refractivity contribution in [2.45, 2.75) is 59.1 Å². The van der Waals surface area contributed by atoms with Gasteiger partial charge >= 0.3 is 0 Å². The summed E-state index contributed by atoms with van der Waals surface area (Å²) in [6.45, 7) is 7.91. The predicted octanol–water partition coefficient (Wildman–Crippen LogP) is 2.51. The first-order chi connectivity index (χ1) is 10.0. The molecular formula is C15H27N5O. The lowest BCUT2D eigenvalue weighted by molar-refractivity contribution is 0.0755. The number of hydrogen-bond acceptors (Lipinski definition) is 4. The van der Waals surface area contributed by atoms with Gasteiger partial charge in [0.05, 0.1) is 11.8 Å². The molecule has 2 aromatic heterocycles. The Bertz CT molecular complexity index is 584. The number of aromatic nitrogens is 4. The number of unbranched alkanes of at least 4 members (excludes halogenated alkanes) is 1. The molecule has 118 valence electrons. The van der Waals surface area contributed by atoms with Gasteiger partial charge in [-0.15, -0.1) is 0 Å². The van der Waals surface area contributed by atoms with Crippen molar-refractivity contribution in [2.24, 2.45) is 7.05 Å². The Morgan fingerprint density at radius 2 is 2.05 bits per heavy atom. The van der Waals surface area contributed by atoms with Crippen LogP contribution in [0.5, 0.6) is 0 Å². The van der Waals surface area contributed by atoms with E-state index in [1.165, 1.54) is 0 Å². The zero-order chi connectivity index (χ0) is 15.4. The molecule has 2 heterocycles. The number of fused-ring (bicyclic) bond motifs is 1. The number of nitrogens with two attached hydrogens (primary N) is 1. The smallest absolute Gasteiger partial charge is 0.202 e. The summed E-state index contributed by atoms with van der Waals surface area (Å²) in [5.41, 5.74) is 9.10. The van der Waals surface area contributed by atoms with Crippen LogP contribution in [0.15, 0.2) is 0 Å². The van der Waals surface area contributed by atoms with Gasteiger partial charge in [0, 0.05) is 20.2 Å². The lowest BCUT2D eigenvalue weighted by Gasteiger charge is -2.09. The quantitative estimate of drug-likeness (QED) is 0.759. The van der Waals surface area contributed by atoms with Gasteiger partial charge in [0.15, 0.2) is 5.65 Å². The molecule has 21 heavy (non-hydrogen) atoms. The highest BCUT2D eigenvalue weighted by atomic mass is 16.5. The molecule has 0 spiro atoms. The molecule has 0 fully saturated rings. The molecular weight excluding hydrogens is 266 g/mol. The van der Waals surface area contributed by atoms with Crippen molar-refractivity contribution in [3.63, 3.8) is 0 Å². The van der Waals surface area contributed by atoms with Gasteiger partial charge in [0.25, 0.3) is 0 Å². The molecule has 0 atom stereocenters. The SMILES string of the molecule is CCCc1nn(C)c2c1nc(N)n2CCCCOC(C)C. The second-order valence-electron chi connectivity index (χ2n) is 5.74. The van der Waals surface area contributed by atoms with E-state index in [9.17, 15) is 0 Å². The molecule has 0 aliphatic carbocycles. The molecule has 0 bridgehead atoms. The molecule has 2 rings (SSSR count). The summed E-state index contributed by atoms with van der Waals surface area (Å²) in [7, 11) is 1.96. The van der Waals surface area contributed by atoms with Crippen molar-refractivity contribution in [2.75, 3.05) is 12.3 Å². The van der Waals surface area contributed by atoms with Gasteiger partial charge in [0.2, 0.25) is 5.95 Å². The normalized spacial score (nSPS) is 11.9. The number of anilines is 1. The Labute approximate surface area is 126 Å². The van der Waals surface area contributed by atoms with Crippen molar-refractivity contribution in [1.82, 2.24) is 19.3 Å². The van der Waals surface area contributed by atoms with Gasteiger partial charge in [-0.05, 0) is 33.1 Å². The van der Waals surface area contributed by atoms with E-state index in [2.05, 4.69) is 35.4 Å². The van der Waals surface area contributed by atoms with E-state index in [4.69, 9.17) is 10.5 Å². The van der Waals surface area contributed by atoms with Crippen LogP contribution in [0.3, 0.4) is 0 Å². The topological polar surface area (TPSA) is 70.9 Å². The van der Waals surface area contributed by atoms with E-state index >= 15 is 0 Å². The summed E-state index contributed by atoms with van der Waals surface area (Å²) < 4.78 is 9.53. The van der Waals surface area contributed by atoms with Crippen LogP contribution in [0.1, 0.15) is 45.7 Å². The number of imidazole rings is 1. The van der Waals surface area contributed by atoms with Crippen molar-refractivity contribution in [3.8, 4) is 0 Å². The molecule has 6 nitrogen and oxygen atoms in total. The lowest BCUT2D eigenvalue weighted by atomic mass is 10.2. The summed E-state index contributed by atoms with van der Waals surface area (Å²) in [6, 6.07) is 0. The van der Waals surface area contributed by atoms with E-state index in [-0.39, 0.29) is 0 Å². The second kappa shape index (κ2) is 6.93. The van der Waals surface area contributed by atoms with Crippen LogP contribution in [0.2, 0.25) is 0 Å². The molecule has 2 aromatic rings. The number of ether oxygens (including phenoxy) is 1. The van der Waals surface area contributed by atoms with Crippen molar-refractivity contribution in [1.29, 1.82) is 0 Å². The summed E-state index contributed by atoms with van der Waals surface area (Å²) in [5, 5.41) is 4.56. The van der Waals surface area contributed by atoms with Crippen molar-refractivity contribution >= 4 is 17.1 Å². The zero-order valence-electron chi connectivity index (χ0n) is 13.6. The maximum Gasteiger partial charge on any atom is 0.202 e. The van der Waals surface area contributed by atoms with E-state index < -0.39 is 0 Å². The third-order valence-corrected chi connectivity index (χ3v) is 3.54. The van der Waals surface area contributed by atoms with Crippen LogP contribution in [0.25, 0.3) is 11.2 Å². The van der Waals surface area contributed by atoms with E-state index in [1.807, 2.05) is 11.7 Å². The van der Waals surface area contributed by atoms with Crippen LogP contribution in [0.4, 0.5) is 5.95 Å². The van der Waals surface area contributed by atoms with Crippen LogP contribution < -0.4 is 5.73 Å². The predicted molar refractivity (Wildman–Crippen MR) is 85.2 cm³/mol. The molecule has 2 N–H and O–H groups in total. The fraction of sp³-hybridized carbons (Fsp3) is 0.733. The minimum Gasteiger partial charge on any atom is -0.379 e. The lowest BCUT2D eigenvalue weighted by Crippen LogP contribution is -2.09. The molecule has 0 aliphatic heterocycles. The number of nitrogens with zero attached hydrogens (tertiary/aromatic N) is 4. The number of nitrogen functional groups attached to an aromatic ring is 1. The molecule has 0 saturated heterocycles. The third kappa shape index (κ3) is 3.56. The molecule has 0 unspecified atom stereocenters. The maximum absolute atomic E-state index is 6.07. The Balaban J connectivity index is 2.07. The minimum atomic E-state index is 0.295. The molecule has 0 saturated carbocycles. The van der Waals surface area contributed by atoms with E-state index in [1.54, 1.807) is 0 Å². The number of hydrogen-bond donors (Lipinski definition) is 1. The molecule has 0 aromatic carbocycles. The molecule has 0 radical (unpaired) electrons. The van der Waals surface area contributed by atoms with Crippen LogP contribution in [-0.4, -0.2) is 32.0 Å². The monoisotopic (exact) mass is 293 g/mol. The van der Waals surface area contributed by atoms with Gasteiger partial charge in [0.1, 0.15) is 5.52 Å². The van der Waals surface area contributed by atoms with Gasteiger partial charge in [-0.1, -0.05) is 13.3 Å². The maximum atomic E-state index is 6.07. The highest BCUT2D eigenvalue weighted by molar-refractivity contribution is 5.77. The zero-order valence-corrected chi connectivity index (χ0v) is 13.6. The fourth-order valence-corrected chi connectivity index (χ4v) is 2.58. The van der Waals surface area contributed by atoms with Crippen LogP contribution in [0, 0.1) is 0 Å². The van der Waals surface area contributed by atoms with Crippen LogP contribution in [-0.2, 0) is 24.8 Å². The fourth-order valence-electron chi connectivity index (χ4n) is 2.58. The highest BCUT2D eigenvalue weighted by Gasteiger charge is 2.17. The first-order valence-corrected chi connectivity index (χ1v) is 7.83. The van der Waals surface area contributed by atoms with E-state index in [0.717, 1.165) is 55.7 Å². The standard InChI is InChI=1S/C15H27N5O/c1-5-8-12-13-14(19(4)18-12)20(15(16)17-13)9-6-7-10-21-11(2)3/h11H,5-10H2,1-4H3,(H2,16,17). The average Bonchev–Trinajstić information content (AvgIpc) is 2.88. The summed E-state index contributed by atoms with van der Waals surface area (Å²) in [5.74, 6) is 0.583. The minimum absolute atomic E-state index is 0.295. The Hall–Kier alpha value is -1.56. The molecule has 0 amide bonds. The first kappa shape index (κ1) is 15.8. The largest absolute Gasteiger partial charge is 0.379 e. The van der Waals surface area contributed by atoms with Gasteiger partial charge in [-0.3, -0.25) is 9.25 Å². The summed E-state index contributed by atoms with van der Waals surface area (Å²) in [6.07, 6.45) is 4.35. The second-order valence-corrected chi connectivity index (χ2v) is 5.74. The number of aryl methyl sites for hydroxylation is 3.